The Balaban J connectivity index is 1.55. The minimum absolute atomic E-state index is 0.0168. The molecular weight excluding hydrogens is 306 g/mol. The highest BCUT2D eigenvalue weighted by Gasteiger charge is 2.58. The molecule has 3 aliphatic rings. The summed E-state index contributed by atoms with van der Waals surface area (Å²) >= 11 is 0. The molecule has 0 radical (unpaired) electrons. The van der Waals surface area contributed by atoms with Gasteiger partial charge in [0.2, 0.25) is 0 Å². The molecule has 0 saturated carbocycles. The molecule has 3 amide bonds. The van der Waals surface area contributed by atoms with E-state index in [9.17, 15) is 9.59 Å². The van der Waals surface area contributed by atoms with E-state index in [1.165, 1.54) is 4.90 Å². The summed E-state index contributed by atoms with van der Waals surface area (Å²) in [4.78, 5) is 31.1. The quantitative estimate of drug-likeness (QED) is 0.797. The number of benzene rings is 1. The molecule has 6 heteroatoms. The molecule has 1 aromatic rings. The van der Waals surface area contributed by atoms with Crippen molar-refractivity contribution in [2.75, 3.05) is 31.6 Å². The fourth-order valence-electron chi connectivity index (χ4n) is 4.35. The first-order valence-electron chi connectivity index (χ1n) is 8.59. The van der Waals surface area contributed by atoms with Crippen molar-refractivity contribution in [1.29, 1.82) is 0 Å². The Morgan fingerprint density at radius 1 is 1.21 bits per heavy atom. The molecule has 0 N–H and O–H groups in total. The van der Waals surface area contributed by atoms with Crippen molar-refractivity contribution >= 4 is 17.6 Å². The first kappa shape index (κ1) is 15.3. The highest BCUT2D eigenvalue weighted by Crippen LogP contribution is 2.40. The predicted molar refractivity (Wildman–Crippen MR) is 90.2 cm³/mol. The molecule has 3 aliphatic heterocycles. The second-order valence-corrected chi connectivity index (χ2v) is 7.05. The number of hydrogen-bond donors (Lipinski definition) is 0. The number of fused-ring (bicyclic) bond motifs is 1. The summed E-state index contributed by atoms with van der Waals surface area (Å²) < 4.78 is 5.44. The fraction of sp³-hybridized carbons (Fsp3) is 0.556. The van der Waals surface area contributed by atoms with Gasteiger partial charge in [-0.05, 0) is 38.3 Å². The predicted octanol–water partition coefficient (Wildman–Crippen LogP) is 2.09. The van der Waals surface area contributed by atoms with Crippen LogP contribution in [0, 0.1) is 0 Å². The van der Waals surface area contributed by atoms with Gasteiger partial charge in [0.25, 0.3) is 5.91 Å². The lowest BCUT2D eigenvalue weighted by molar-refractivity contribution is -0.133. The zero-order valence-electron chi connectivity index (χ0n) is 14.2. The fourth-order valence-corrected chi connectivity index (χ4v) is 4.35. The van der Waals surface area contributed by atoms with Gasteiger partial charge in [0.1, 0.15) is 11.3 Å². The number of anilines is 1. The Morgan fingerprint density at radius 3 is 2.75 bits per heavy atom. The van der Waals surface area contributed by atoms with Crippen LogP contribution in [0.25, 0.3) is 0 Å². The SMILES string of the molecule is COc1ccccc1N1CC[C@@H](N2C(=O)N3CCC[C@@]3(C)C2=O)C1. The first-order valence-corrected chi connectivity index (χ1v) is 8.59. The molecule has 2 atom stereocenters. The number of carbonyl (C=O) groups is 2. The summed E-state index contributed by atoms with van der Waals surface area (Å²) in [5, 5.41) is 0. The first-order chi connectivity index (χ1) is 11.6. The molecule has 1 aromatic carbocycles. The average Bonchev–Trinajstić information content (AvgIpc) is 3.26. The lowest BCUT2D eigenvalue weighted by Crippen LogP contribution is -2.45. The van der Waals surface area contributed by atoms with Crippen LogP contribution in [0.4, 0.5) is 10.5 Å². The van der Waals surface area contributed by atoms with Crippen LogP contribution in [-0.2, 0) is 4.79 Å². The van der Waals surface area contributed by atoms with E-state index in [1.807, 2.05) is 31.2 Å². The molecule has 0 bridgehead atoms. The number of para-hydroxylation sites is 2. The van der Waals surface area contributed by atoms with E-state index in [-0.39, 0.29) is 18.0 Å². The number of rotatable bonds is 3. The number of urea groups is 1. The summed E-state index contributed by atoms with van der Waals surface area (Å²) in [5.41, 5.74) is 0.405. The van der Waals surface area contributed by atoms with Crippen LogP contribution in [0.15, 0.2) is 24.3 Å². The lowest BCUT2D eigenvalue weighted by Gasteiger charge is -2.25. The molecule has 3 fully saturated rings. The highest BCUT2D eigenvalue weighted by atomic mass is 16.5. The molecule has 0 spiro atoms. The van der Waals surface area contributed by atoms with Crippen LogP contribution in [0.2, 0.25) is 0 Å². The van der Waals surface area contributed by atoms with Gasteiger partial charge >= 0.3 is 6.03 Å². The number of carbonyl (C=O) groups excluding carboxylic acids is 2. The van der Waals surface area contributed by atoms with Gasteiger partial charge in [0.05, 0.1) is 18.8 Å². The molecule has 6 nitrogen and oxygen atoms in total. The van der Waals surface area contributed by atoms with E-state index >= 15 is 0 Å². The summed E-state index contributed by atoms with van der Waals surface area (Å²) in [5.74, 6) is 0.807. The van der Waals surface area contributed by atoms with Gasteiger partial charge in [-0.2, -0.15) is 0 Å². The number of imide groups is 1. The minimum Gasteiger partial charge on any atom is -0.495 e. The third-order valence-corrected chi connectivity index (χ3v) is 5.71. The van der Waals surface area contributed by atoms with E-state index in [0.717, 1.165) is 37.2 Å². The van der Waals surface area contributed by atoms with Crippen molar-refractivity contribution in [3.05, 3.63) is 24.3 Å². The van der Waals surface area contributed by atoms with Gasteiger partial charge in [-0.15, -0.1) is 0 Å². The highest BCUT2D eigenvalue weighted by molar-refractivity contribution is 6.07. The Bertz CT molecular complexity index is 692. The zero-order chi connectivity index (χ0) is 16.9. The van der Waals surface area contributed by atoms with E-state index in [1.54, 1.807) is 12.0 Å². The van der Waals surface area contributed by atoms with Crippen LogP contribution >= 0.6 is 0 Å². The summed E-state index contributed by atoms with van der Waals surface area (Å²) in [6.07, 6.45) is 2.50. The second kappa shape index (κ2) is 5.40. The van der Waals surface area contributed by atoms with Crippen LogP contribution in [0.5, 0.6) is 5.75 Å². The molecule has 0 aromatic heterocycles. The number of ether oxygens (including phenoxy) is 1. The number of methoxy groups -OCH3 is 1. The van der Waals surface area contributed by atoms with Crippen molar-refractivity contribution in [2.24, 2.45) is 0 Å². The molecule has 0 unspecified atom stereocenters. The van der Waals surface area contributed by atoms with Crippen LogP contribution < -0.4 is 9.64 Å². The maximum Gasteiger partial charge on any atom is 0.327 e. The summed E-state index contributed by atoms with van der Waals surface area (Å²) in [7, 11) is 1.66. The molecule has 3 saturated heterocycles. The topological polar surface area (TPSA) is 53.1 Å². The minimum atomic E-state index is -0.616. The normalized spacial score (nSPS) is 29.6. The standard InChI is InChI=1S/C18H23N3O3/c1-18-9-5-10-20(18)17(23)21(16(18)22)13-8-11-19(12-13)14-6-3-4-7-15(14)24-2/h3-4,6-7,13H,5,8-12H2,1-2H3/t13-,18+/m1/s1. The summed E-state index contributed by atoms with van der Waals surface area (Å²) in [6.45, 7) is 4.09. The van der Waals surface area contributed by atoms with Gasteiger partial charge in [0.15, 0.2) is 0 Å². The van der Waals surface area contributed by atoms with E-state index in [2.05, 4.69) is 4.90 Å². The second-order valence-electron chi connectivity index (χ2n) is 7.05. The van der Waals surface area contributed by atoms with Crippen molar-refractivity contribution < 1.29 is 14.3 Å². The molecule has 24 heavy (non-hydrogen) atoms. The third kappa shape index (κ3) is 2.01. The van der Waals surface area contributed by atoms with Gasteiger partial charge in [-0.25, -0.2) is 4.79 Å². The van der Waals surface area contributed by atoms with Gasteiger partial charge in [-0.3, -0.25) is 9.69 Å². The molecular formula is C18H23N3O3. The van der Waals surface area contributed by atoms with Crippen molar-refractivity contribution in [1.82, 2.24) is 9.80 Å². The number of nitrogens with zero attached hydrogens (tertiary/aromatic N) is 3. The largest absolute Gasteiger partial charge is 0.495 e. The van der Waals surface area contributed by atoms with Crippen molar-refractivity contribution in [2.45, 2.75) is 37.8 Å². The Morgan fingerprint density at radius 2 is 2.00 bits per heavy atom. The Labute approximate surface area is 142 Å². The van der Waals surface area contributed by atoms with Crippen molar-refractivity contribution in [3.8, 4) is 5.75 Å². The van der Waals surface area contributed by atoms with Crippen LogP contribution in [-0.4, -0.2) is 60.1 Å². The van der Waals surface area contributed by atoms with Gasteiger partial charge in [0, 0.05) is 19.6 Å². The molecule has 4 rings (SSSR count). The number of amides is 3. The monoisotopic (exact) mass is 329 g/mol. The molecule has 3 heterocycles. The molecule has 0 aliphatic carbocycles. The van der Waals surface area contributed by atoms with Gasteiger partial charge < -0.3 is 14.5 Å². The Kier molecular flexibility index (Phi) is 3.44. The van der Waals surface area contributed by atoms with Crippen molar-refractivity contribution in [3.63, 3.8) is 0 Å². The lowest BCUT2D eigenvalue weighted by atomic mass is 9.99. The summed E-state index contributed by atoms with van der Waals surface area (Å²) in [6, 6.07) is 7.72. The van der Waals surface area contributed by atoms with E-state index < -0.39 is 5.54 Å². The van der Waals surface area contributed by atoms with Crippen LogP contribution in [0.3, 0.4) is 0 Å². The van der Waals surface area contributed by atoms with Crippen LogP contribution in [0.1, 0.15) is 26.2 Å². The average molecular weight is 329 g/mol. The maximum absolute atomic E-state index is 12.9. The Hall–Kier alpha value is -2.24. The number of hydrogen-bond acceptors (Lipinski definition) is 4. The van der Waals surface area contributed by atoms with E-state index in [4.69, 9.17) is 4.74 Å². The van der Waals surface area contributed by atoms with E-state index in [0.29, 0.717) is 13.1 Å². The molecule has 128 valence electrons. The zero-order valence-corrected chi connectivity index (χ0v) is 14.2. The smallest absolute Gasteiger partial charge is 0.327 e. The third-order valence-electron chi connectivity index (χ3n) is 5.71. The van der Waals surface area contributed by atoms with Gasteiger partial charge in [-0.1, -0.05) is 12.1 Å². The maximum atomic E-state index is 12.9.